The highest BCUT2D eigenvalue weighted by Gasteiger charge is 2.21. The molecule has 0 radical (unpaired) electrons. The molecular weight excluding hydrogens is 330 g/mol. The molecule has 0 fully saturated rings. The lowest BCUT2D eigenvalue weighted by molar-refractivity contribution is -0.138. The van der Waals surface area contributed by atoms with Gasteiger partial charge in [0.2, 0.25) is 0 Å². The smallest absolute Gasteiger partial charge is 0.330 e. The fraction of sp³-hybridized carbons (Fsp3) is 0.300. The third-order valence-corrected chi connectivity index (χ3v) is 3.65. The van der Waals surface area contributed by atoms with Crippen LogP contribution < -0.4 is 15.4 Å². The molecule has 0 heterocycles. The van der Waals surface area contributed by atoms with E-state index < -0.39 is 12.0 Å². The van der Waals surface area contributed by atoms with E-state index in [1.165, 1.54) is 0 Å². The first-order chi connectivity index (χ1) is 12.4. The molecule has 0 bridgehead atoms. The van der Waals surface area contributed by atoms with Gasteiger partial charge in [-0.05, 0) is 62.7 Å². The maximum atomic E-state index is 11.8. The number of nitrogens with zero attached hydrogens (tertiary/aromatic N) is 1. The second-order valence-electron chi connectivity index (χ2n) is 6.09. The summed E-state index contributed by atoms with van der Waals surface area (Å²) < 4.78 is 5.67. The zero-order chi connectivity index (χ0) is 19.1. The Bertz CT molecular complexity index is 795. The highest BCUT2D eigenvalue weighted by atomic mass is 16.5. The molecule has 0 spiro atoms. The van der Waals surface area contributed by atoms with Gasteiger partial charge in [0, 0.05) is 11.7 Å². The van der Waals surface area contributed by atoms with Crippen LogP contribution in [-0.4, -0.2) is 23.7 Å². The average Bonchev–Trinajstić information content (AvgIpc) is 2.61. The standard InChI is InChI=1S/C20H23N3O3/c1-4-26-18-11-15(7-10-17(18)22-13(2)3)19(20(24)25)23-16-8-5-14(12-21)6-9-16/h5-11,13,19,22-23H,4H2,1-3H3,(H,24,25). The van der Waals surface area contributed by atoms with E-state index in [2.05, 4.69) is 10.6 Å². The summed E-state index contributed by atoms with van der Waals surface area (Å²) in [7, 11) is 0. The second kappa shape index (κ2) is 8.77. The molecule has 0 amide bonds. The fourth-order valence-electron chi connectivity index (χ4n) is 2.52. The van der Waals surface area contributed by atoms with E-state index >= 15 is 0 Å². The van der Waals surface area contributed by atoms with Crippen LogP contribution in [0.5, 0.6) is 5.75 Å². The first-order valence-corrected chi connectivity index (χ1v) is 8.47. The quantitative estimate of drug-likeness (QED) is 0.664. The van der Waals surface area contributed by atoms with Gasteiger partial charge in [-0.1, -0.05) is 6.07 Å². The summed E-state index contributed by atoms with van der Waals surface area (Å²) in [5, 5.41) is 24.8. The number of ether oxygens (including phenoxy) is 1. The number of benzene rings is 2. The van der Waals surface area contributed by atoms with Crippen molar-refractivity contribution in [3.8, 4) is 11.8 Å². The van der Waals surface area contributed by atoms with Gasteiger partial charge in [0.1, 0.15) is 5.75 Å². The van der Waals surface area contributed by atoms with Crippen LogP contribution >= 0.6 is 0 Å². The molecule has 1 atom stereocenters. The molecule has 136 valence electrons. The van der Waals surface area contributed by atoms with E-state index in [0.717, 1.165) is 5.69 Å². The van der Waals surface area contributed by atoms with Crippen molar-refractivity contribution < 1.29 is 14.6 Å². The van der Waals surface area contributed by atoms with Crippen LogP contribution in [0, 0.1) is 11.3 Å². The van der Waals surface area contributed by atoms with Crippen molar-refractivity contribution in [2.75, 3.05) is 17.2 Å². The van der Waals surface area contributed by atoms with Gasteiger partial charge in [-0.15, -0.1) is 0 Å². The number of rotatable bonds is 8. The molecule has 26 heavy (non-hydrogen) atoms. The summed E-state index contributed by atoms with van der Waals surface area (Å²) in [6.07, 6.45) is 0. The van der Waals surface area contributed by atoms with Crippen LogP contribution in [0.25, 0.3) is 0 Å². The Morgan fingerprint density at radius 1 is 1.19 bits per heavy atom. The number of carboxylic acids is 1. The maximum Gasteiger partial charge on any atom is 0.330 e. The molecule has 6 nitrogen and oxygen atoms in total. The Kier molecular flexibility index (Phi) is 6.45. The van der Waals surface area contributed by atoms with Crippen LogP contribution in [0.15, 0.2) is 42.5 Å². The van der Waals surface area contributed by atoms with Crippen LogP contribution in [0.4, 0.5) is 11.4 Å². The van der Waals surface area contributed by atoms with E-state index in [0.29, 0.717) is 29.2 Å². The van der Waals surface area contributed by atoms with Crippen LogP contribution in [-0.2, 0) is 4.79 Å². The van der Waals surface area contributed by atoms with Crippen molar-refractivity contribution in [1.29, 1.82) is 5.26 Å². The summed E-state index contributed by atoms with van der Waals surface area (Å²) in [6.45, 7) is 6.42. The van der Waals surface area contributed by atoms with Crippen molar-refractivity contribution in [2.45, 2.75) is 32.9 Å². The van der Waals surface area contributed by atoms with Crippen molar-refractivity contribution in [3.63, 3.8) is 0 Å². The highest BCUT2D eigenvalue weighted by molar-refractivity contribution is 5.80. The predicted molar refractivity (Wildman–Crippen MR) is 102 cm³/mol. The Hall–Kier alpha value is -3.20. The number of hydrogen-bond donors (Lipinski definition) is 3. The number of carboxylic acid groups (broad SMARTS) is 1. The van der Waals surface area contributed by atoms with Crippen molar-refractivity contribution >= 4 is 17.3 Å². The Labute approximate surface area is 153 Å². The largest absolute Gasteiger partial charge is 0.492 e. The van der Waals surface area contributed by atoms with Crippen LogP contribution in [0.3, 0.4) is 0 Å². The first-order valence-electron chi connectivity index (χ1n) is 8.47. The third kappa shape index (κ3) is 4.90. The minimum atomic E-state index is -0.999. The fourth-order valence-corrected chi connectivity index (χ4v) is 2.52. The number of nitriles is 1. The molecular formula is C20H23N3O3. The number of anilines is 2. The lowest BCUT2D eigenvalue weighted by Crippen LogP contribution is -2.21. The van der Waals surface area contributed by atoms with Gasteiger partial charge >= 0.3 is 5.97 Å². The monoisotopic (exact) mass is 353 g/mol. The van der Waals surface area contributed by atoms with Crippen molar-refractivity contribution in [3.05, 3.63) is 53.6 Å². The van der Waals surface area contributed by atoms with Crippen molar-refractivity contribution in [2.24, 2.45) is 0 Å². The molecule has 2 aromatic rings. The summed E-state index contributed by atoms with van der Waals surface area (Å²) in [6, 6.07) is 13.3. The molecule has 0 aliphatic carbocycles. The third-order valence-electron chi connectivity index (χ3n) is 3.65. The molecule has 0 aromatic heterocycles. The number of carbonyl (C=O) groups is 1. The van der Waals surface area contributed by atoms with Gasteiger partial charge in [0.05, 0.1) is 23.9 Å². The van der Waals surface area contributed by atoms with E-state index in [1.54, 1.807) is 36.4 Å². The van der Waals surface area contributed by atoms with Gasteiger partial charge < -0.3 is 20.5 Å². The lowest BCUT2D eigenvalue weighted by atomic mass is 10.0. The summed E-state index contributed by atoms with van der Waals surface area (Å²) >= 11 is 0. The Balaban J connectivity index is 2.32. The second-order valence-corrected chi connectivity index (χ2v) is 6.09. The van der Waals surface area contributed by atoms with Gasteiger partial charge in [-0.3, -0.25) is 0 Å². The van der Waals surface area contributed by atoms with E-state index in [1.807, 2.05) is 32.9 Å². The van der Waals surface area contributed by atoms with E-state index in [4.69, 9.17) is 10.00 Å². The lowest BCUT2D eigenvalue weighted by Gasteiger charge is -2.20. The number of nitrogens with one attached hydrogen (secondary N) is 2. The molecule has 1 unspecified atom stereocenters. The molecule has 6 heteroatoms. The molecule has 2 rings (SSSR count). The normalized spacial score (nSPS) is 11.5. The van der Waals surface area contributed by atoms with E-state index in [9.17, 15) is 9.90 Å². The summed E-state index contributed by atoms with van der Waals surface area (Å²) in [4.78, 5) is 11.8. The Morgan fingerprint density at radius 3 is 2.42 bits per heavy atom. The molecule has 0 aliphatic heterocycles. The predicted octanol–water partition coefficient (Wildman–Crippen LogP) is 4.02. The van der Waals surface area contributed by atoms with Gasteiger partial charge in [-0.2, -0.15) is 5.26 Å². The number of aliphatic carboxylic acids is 1. The van der Waals surface area contributed by atoms with Gasteiger partial charge in [0.25, 0.3) is 0 Å². The minimum Gasteiger partial charge on any atom is -0.492 e. The molecule has 0 saturated carbocycles. The van der Waals surface area contributed by atoms with Crippen molar-refractivity contribution in [1.82, 2.24) is 0 Å². The zero-order valence-corrected chi connectivity index (χ0v) is 15.1. The molecule has 0 saturated heterocycles. The topological polar surface area (TPSA) is 94.4 Å². The summed E-state index contributed by atoms with van der Waals surface area (Å²) in [5.74, 6) is -0.382. The SMILES string of the molecule is CCOc1cc(C(Nc2ccc(C#N)cc2)C(=O)O)ccc1NC(C)C. The van der Waals surface area contributed by atoms with Gasteiger partial charge in [-0.25, -0.2) is 4.79 Å². The minimum absolute atomic E-state index is 0.229. The summed E-state index contributed by atoms with van der Waals surface area (Å²) in [5.41, 5.74) is 2.55. The first kappa shape index (κ1) is 19.1. The van der Waals surface area contributed by atoms with Crippen LogP contribution in [0.2, 0.25) is 0 Å². The van der Waals surface area contributed by atoms with Gasteiger partial charge in [0.15, 0.2) is 6.04 Å². The molecule has 0 aliphatic rings. The number of hydrogen-bond acceptors (Lipinski definition) is 5. The molecule has 3 N–H and O–H groups in total. The highest BCUT2D eigenvalue weighted by Crippen LogP contribution is 2.30. The van der Waals surface area contributed by atoms with E-state index in [-0.39, 0.29) is 6.04 Å². The average molecular weight is 353 g/mol. The molecule has 2 aromatic carbocycles. The zero-order valence-electron chi connectivity index (χ0n) is 15.1. The van der Waals surface area contributed by atoms with Crippen LogP contribution in [0.1, 0.15) is 37.9 Å². The Morgan fingerprint density at radius 2 is 1.88 bits per heavy atom. The maximum absolute atomic E-state index is 11.8.